The van der Waals surface area contributed by atoms with E-state index in [-0.39, 0.29) is 0 Å². The number of aliphatic hydroxyl groups excluding tert-OH is 1. The first-order valence-corrected chi connectivity index (χ1v) is 7.44. The summed E-state index contributed by atoms with van der Waals surface area (Å²) in [6.07, 6.45) is 2.00. The van der Waals surface area contributed by atoms with Crippen LogP contribution in [0.2, 0.25) is 0 Å². The Balaban J connectivity index is 1.64. The lowest BCUT2D eigenvalue weighted by Gasteiger charge is -2.12. The van der Waals surface area contributed by atoms with E-state index in [1.165, 1.54) is 0 Å². The van der Waals surface area contributed by atoms with Gasteiger partial charge in [0, 0.05) is 6.42 Å². The zero-order valence-corrected chi connectivity index (χ0v) is 12.0. The van der Waals surface area contributed by atoms with Crippen molar-refractivity contribution in [2.45, 2.75) is 25.4 Å². The van der Waals surface area contributed by atoms with Gasteiger partial charge in [0.25, 0.3) is 0 Å². The summed E-state index contributed by atoms with van der Waals surface area (Å²) in [6, 6.07) is 15.8. The fourth-order valence-corrected chi connectivity index (χ4v) is 2.51. The van der Waals surface area contributed by atoms with Gasteiger partial charge < -0.3 is 14.6 Å². The average Bonchev–Trinajstić information content (AvgIpc) is 2.78. The first-order chi connectivity index (χ1) is 10.3. The van der Waals surface area contributed by atoms with Crippen molar-refractivity contribution in [2.75, 3.05) is 13.2 Å². The standard InChI is InChI=1S/C18H20O3/c19-16(15-5-2-1-3-6-15)9-7-14-8-10-17-18(13-14)21-12-4-11-20-17/h1-3,5-6,8,10,13,16,19H,4,7,9,11-12H2. The third-order valence-electron chi connectivity index (χ3n) is 3.70. The zero-order valence-electron chi connectivity index (χ0n) is 12.0. The number of hydrogen-bond donors (Lipinski definition) is 1. The lowest BCUT2D eigenvalue weighted by atomic mass is 10.0. The van der Waals surface area contributed by atoms with Crippen LogP contribution in [0.5, 0.6) is 11.5 Å². The van der Waals surface area contributed by atoms with Crippen LogP contribution in [-0.4, -0.2) is 18.3 Å². The summed E-state index contributed by atoms with van der Waals surface area (Å²) in [4.78, 5) is 0. The van der Waals surface area contributed by atoms with Crippen LogP contribution in [0.25, 0.3) is 0 Å². The molecule has 0 bridgehead atoms. The van der Waals surface area contributed by atoms with E-state index in [9.17, 15) is 5.11 Å². The second kappa shape index (κ2) is 6.64. The van der Waals surface area contributed by atoms with Gasteiger partial charge in [-0.25, -0.2) is 0 Å². The first-order valence-electron chi connectivity index (χ1n) is 7.44. The minimum atomic E-state index is -0.429. The van der Waals surface area contributed by atoms with Crippen molar-refractivity contribution in [3.63, 3.8) is 0 Å². The molecular weight excluding hydrogens is 264 g/mol. The van der Waals surface area contributed by atoms with Gasteiger partial charge >= 0.3 is 0 Å². The summed E-state index contributed by atoms with van der Waals surface area (Å²) in [5, 5.41) is 10.2. The zero-order chi connectivity index (χ0) is 14.5. The molecule has 1 aliphatic rings. The molecule has 0 saturated heterocycles. The van der Waals surface area contributed by atoms with E-state index in [4.69, 9.17) is 9.47 Å². The Morgan fingerprint density at radius 2 is 1.71 bits per heavy atom. The average molecular weight is 284 g/mol. The molecule has 3 heteroatoms. The molecule has 0 radical (unpaired) electrons. The van der Waals surface area contributed by atoms with Crippen LogP contribution in [-0.2, 0) is 6.42 Å². The maximum atomic E-state index is 10.2. The second-order valence-corrected chi connectivity index (χ2v) is 5.30. The van der Waals surface area contributed by atoms with Crippen LogP contribution >= 0.6 is 0 Å². The van der Waals surface area contributed by atoms with E-state index < -0.39 is 6.10 Å². The summed E-state index contributed by atoms with van der Waals surface area (Å²) in [5.41, 5.74) is 2.13. The molecule has 3 rings (SSSR count). The summed E-state index contributed by atoms with van der Waals surface area (Å²) >= 11 is 0. The fraction of sp³-hybridized carbons (Fsp3) is 0.333. The Kier molecular flexibility index (Phi) is 4.41. The number of hydrogen-bond acceptors (Lipinski definition) is 3. The molecule has 1 heterocycles. The minimum Gasteiger partial charge on any atom is -0.490 e. The van der Waals surface area contributed by atoms with Crippen LogP contribution in [0.4, 0.5) is 0 Å². The van der Waals surface area contributed by atoms with Crippen LogP contribution in [0.15, 0.2) is 48.5 Å². The molecule has 0 aromatic heterocycles. The van der Waals surface area contributed by atoms with Crippen molar-refractivity contribution < 1.29 is 14.6 Å². The maximum absolute atomic E-state index is 10.2. The van der Waals surface area contributed by atoms with E-state index in [0.717, 1.165) is 35.5 Å². The lowest BCUT2D eigenvalue weighted by molar-refractivity contribution is 0.168. The number of aryl methyl sites for hydroxylation is 1. The Labute approximate surface area is 125 Å². The molecule has 0 amide bonds. The molecule has 0 aliphatic carbocycles. The smallest absolute Gasteiger partial charge is 0.161 e. The first kappa shape index (κ1) is 14.0. The van der Waals surface area contributed by atoms with E-state index in [2.05, 4.69) is 0 Å². The topological polar surface area (TPSA) is 38.7 Å². The van der Waals surface area contributed by atoms with Crippen LogP contribution in [0, 0.1) is 0 Å². The predicted molar refractivity (Wildman–Crippen MR) is 81.8 cm³/mol. The molecule has 1 N–H and O–H groups in total. The normalized spacial score (nSPS) is 15.3. The molecule has 2 aromatic carbocycles. The second-order valence-electron chi connectivity index (χ2n) is 5.30. The Bertz CT molecular complexity index is 580. The van der Waals surface area contributed by atoms with E-state index in [1.54, 1.807) is 0 Å². The van der Waals surface area contributed by atoms with Gasteiger partial charge in [-0.05, 0) is 36.1 Å². The number of fused-ring (bicyclic) bond motifs is 1. The van der Waals surface area contributed by atoms with Gasteiger partial charge in [-0.15, -0.1) is 0 Å². The summed E-state index contributed by atoms with van der Waals surface area (Å²) in [7, 11) is 0. The Morgan fingerprint density at radius 1 is 0.952 bits per heavy atom. The van der Waals surface area contributed by atoms with Crippen molar-refractivity contribution >= 4 is 0 Å². The fourth-order valence-electron chi connectivity index (χ4n) is 2.51. The Hall–Kier alpha value is -2.00. The van der Waals surface area contributed by atoms with Crippen LogP contribution < -0.4 is 9.47 Å². The molecule has 0 fully saturated rings. The molecule has 2 aromatic rings. The third kappa shape index (κ3) is 3.56. The highest BCUT2D eigenvalue weighted by atomic mass is 16.5. The predicted octanol–water partition coefficient (Wildman–Crippen LogP) is 3.51. The number of ether oxygens (including phenoxy) is 2. The van der Waals surface area contributed by atoms with Gasteiger partial charge in [0.05, 0.1) is 19.3 Å². The molecule has 3 nitrogen and oxygen atoms in total. The summed E-state index contributed by atoms with van der Waals surface area (Å²) in [6.45, 7) is 1.40. The van der Waals surface area contributed by atoms with E-state index in [0.29, 0.717) is 19.6 Å². The molecule has 0 spiro atoms. The lowest BCUT2D eigenvalue weighted by Crippen LogP contribution is -2.00. The SMILES string of the molecule is OC(CCc1ccc2c(c1)OCCCO2)c1ccccc1. The molecule has 110 valence electrons. The van der Waals surface area contributed by atoms with Gasteiger partial charge in [0.15, 0.2) is 11.5 Å². The number of rotatable bonds is 4. The van der Waals surface area contributed by atoms with Crippen molar-refractivity contribution in [1.82, 2.24) is 0 Å². The van der Waals surface area contributed by atoms with Crippen molar-refractivity contribution in [1.29, 1.82) is 0 Å². The minimum absolute atomic E-state index is 0.429. The van der Waals surface area contributed by atoms with Crippen molar-refractivity contribution in [3.8, 4) is 11.5 Å². The molecule has 21 heavy (non-hydrogen) atoms. The summed E-state index contributed by atoms with van der Waals surface area (Å²) in [5.74, 6) is 1.64. The molecular formula is C18H20O3. The highest BCUT2D eigenvalue weighted by Crippen LogP contribution is 2.31. The van der Waals surface area contributed by atoms with E-state index >= 15 is 0 Å². The van der Waals surface area contributed by atoms with Gasteiger partial charge in [0.2, 0.25) is 0 Å². The summed E-state index contributed by atoms with van der Waals surface area (Å²) < 4.78 is 11.3. The maximum Gasteiger partial charge on any atom is 0.161 e. The number of aliphatic hydroxyl groups is 1. The highest BCUT2D eigenvalue weighted by molar-refractivity contribution is 5.43. The van der Waals surface area contributed by atoms with Crippen molar-refractivity contribution in [3.05, 3.63) is 59.7 Å². The molecule has 1 aliphatic heterocycles. The van der Waals surface area contributed by atoms with Crippen LogP contribution in [0.1, 0.15) is 30.1 Å². The highest BCUT2D eigenvalue weighted by Gasteiger charge is 2.12. The van der Waals surface area contributed by atoms with E-state index in [1.807, 2.05) is 48.5 Å². The molecule has 0 saturated carbocycles. The van der Waals surface area contributed by atoms with Gasteiger partial charge in [0.1, 0.15) is 0 Å². The molecule has 1 unspecified atom stereocenters. The third-order valence-corrected chi connectivity index (χ3v) is 3.70. The van der Waals surface area contributed by atoms with Gasteiger partial charge in [-0.2, -0.15) is 0 Å². The van der Waals surface area contributed by atoms with Gasteiger partial charge in [-0.1, -0.05) is 36.4 Å². The van der Waals surface area contributed by atoms with Gasteiger partial charge in [-0.3, -0.25) is 0 Å². The largest absolute Gasteiger partial charge is 0.490 e. The molecule has 1 atom stereocenters. The monoisotopic (exact) mass is 284 g/mol. The van der Waals surface area contributed by atoms with Crippen LogP contribution in [0.3, 0.4) is 0 Å². The quantitative estimate of drug-likeness (QED) is 0.933. The Morgan fingerprint density at radius 3 is 2.52 bits per heavy atom. The number of benzene rings is 2. The van der Waals surface area contributed by atoms with Crippen molar-refractivity contribution in [2.24, 2.45) is 0 Å².